The quantitative estimate of drug-likeness (QED) is 0.148. The molecule has 0 saturated carbocycles. The highest BCUT2D eigenvalue weighted by Gasteiger charge is 2.19. The van der Waals surface area contributed by atoms with Gasteiger partial charge in [-0.2, -0.15) is 0 Å². The van der Waals surface area contributed by atoms with Crippen molar-refractivity contribution in [2.24, 2.45) is 0 Å². The average molecular weight is 739 g/mol. The monoisotopic (exact) mass is 738 g/mol. The van der Waals surface area contributed by atoms with Crippen LogP contribution < -0.4 is 4.90 Å². The van der Waals surface area contributed by atoms with Crippen molar-refractivity contribution >= 4 is 60.4 Å². The largest absolute Gasteiger partial charge is 0.310 e. The Hall–Kier alpha value is -7.68. The number of anilines is 3. The lowest BCUT2D eigenvalue weighted by atomic mass is 9.97. The summed E-state index contributed by atoms with van der Waals surface area (Å²) in [7, 11) is 0. The lowest BCUT2D eigenvalue weighted by Gasteiger charge is -2.26. The van der Waals surface area contributed by atoms with Crippen LogP contribution in [0.25, 0.3) is 82.4 Å². The van der Waals surface area contributed by atoms with Crippen LogP contribution in [0.3, 0.4) is 0 Å². The highest BCUT2D eigenvalue weighted by Crippen LogP contribution is 2.43. The normalized spacial score (nSPS) is 11.4. The van der Waals surface area contributed by atoms with Crippen LogP contribution in [0.5, 0.6) is 0 Å². The summed E-state index contributed by atoms with van der Waals surface area (Å²) in [6, 6.07) is 83.5. The van der Waals surface area contributed by atoms with Gasteiger partial charge in [0, 0.05) is 38.9 Å². The molecule has 0 aliphatic heterocycles. The predicted octanol–water partition coefficient (Wildman–Crippen LogP) is 15.6. The molecule has 0 amide bonds. The number of para-hydroxylation sites is 1. The molecule has 0 aliphatic carbocycles. The van der Waals surface area contributed by atoms with Crippen LogP contribution in [0.15, 0.2) is 231 Å². The van der Waals surface area contributed by atoms with Gasteiger partial charge < -0.3 is 9.47 Å². The summed E-state index contributed by atoms with van der Waals surface area (Å²) in [5.74, 6) is 0. The lowest BCUT2D eigenvalue weighted by Crippen LogP contribution is -2.10. The van der Waals surface area contributed by atoms with E-state index >= 15 is 0 Å². The van der Waals surface area contributed by atoms with E-state index in [2.05, 4.69) is 240 Å². The maximum atomic E-state index is 2.46. The number of aromatic nitrogens is 1. The van der Waals surface area contributed by atoms with Gasteiger partial charge in [-0.15, -0.1) is 0 Å². The van der Waals surface area contributed by atoms with Gasteiger partial charge in [0.25, 0.3) is 0 Å². The van der Waals surface area contributed by atoms with Gasteiger partial charge in [-0.25, -0.2) is 0 Å². The molecular weight excluding hydrogens is 701 g/mol. The van der Waals surface area contributed by atoms with Crippen LogP contribution in [0.4, 0.5) is 17.1 Å². The Morgan fingerprint density at radius 2 is 0.707 bits per heavy atom. The van der Waals surface area contributed by atoms with E-state index in [0.717, 1.165) is 28.3 Å². The van der Waals surface area contributed by atoms with Crippen molar-refractivity contribution in [3.63, 3.8) is 0 Å². The Kier molecular flexibility index (Phi) is 8.19. The first-order chi connectivity index (χ1) is 28.8. The van der Waals surface area contributed by atoms with Gasteiger partial charge in [0.05, 0.1) is 11.0 Å². The number of nitrogens with zero attached hydrogens (tertiary/aromatic N) is 2. The molecule has 0 unspecified atom stereocenters. The van der Waals surface area contributed by atoms with Crippen molar-refractivity contribution in [1.29, 1.82) is 0 Å². The molecular formula is C56H38N2. The molecule has 11 aromatic rings. The van der Waals surface area contributed by atoms with Gasteiger partial charge in [0.1, 0.15) is 0 Å². The molecule has 0 N–H and O–H groups in total. The Bertz CT molecular complexity index is 3150. The standard InChI is InChI=1S/C56H38N2/c1-3-14-39(15-4-1)41-26-32-45(33-27-41)57(46-34-28-42(29-35-46)40-16-5-2-6-17-40)48-19-13-18-44(38-48)43-30-36-47(37-31-43)58-54-25-12-11-24-53(54)55-51-22-9-7-20-49(51)50-21-8-10-23-52(50)56(55)58/h1-38H. The first-order valence-electron chi connectivity index (χ1n) is 19.9. The molecule has 0 atom stereocenters. The summed E-state index contributed by atoms with van der Waals surface area (Å²) in [5.41, 5.74) is 14.0. The Labute approximate surface area is 338 Å². The molecule has 0 radical (unpaired) electrons. The van der Waals surface area contributed by atoms with Crippen LogP contribution in [-0.4, -0.2) is 4.57 Å². The Morgan fingerprint density at radius 3 is 1.31 bits per heavy atom. The average Bonchev–Trinajstić information content (AvgIpc) is 3.66. The number of hydrogen-bond acceptors (Lipinski definition) is 1. The zero-order valence-electron chi connectivity index (χ0n) is 31.8. The van der Waals surface area contributed by atoms with Gasteiger partial charge in [-0.3, -0.25) is 0 Å². The predicted molar refractivity (Wildman–Crippen MR) is 247 cm³/mol. The number of fused-ring (bicyclic) bond motifs is 8. The third kappa shape index (κ3) is 5.74. The summed E-state index contributed by atoms with van der Waals surface area (Å²) in [4.78, 5) is 2.36. The topological polar surface area (TPSA) is 8.17 Å². The van der Waals surface area contributed by atoms with E-state index in [1.165, 1.54) is 71.2 Å². The van der Waals surface area contributed by atoms with Crippen molar-refractivity contribution < 1.29 is 0 Å². The van der Waals surface area contributed by atoms with Gasteiger partial charge >= 0.3 is 0 Å². The summed E-state index contributed by atoms with van der Waals surface area (Å²) in [6.45, 7) is 0. The van der Waals surface area contributed by atoms with E-state index < -0.39 is 0 Å². The first-order valence-corrected chi connectivity index (χ1v) is 19.9. The summed E-state index contributed by atoms with van der Waals surface area (Å²) >= 11 is 0. The van der Waals surface area contributed by atoms with Crippen LogP contribution in [0, 0.1) is 0 Å². The molecule has 272 valence electrons. The van der Waals surface area contributed by atoms with Crippen molar-refractivity contribution in [2.75, 3.05) is 4.90 Å². The van der Waals surface area contributed by atoms with Gasteiger partial charge in [-0.05, 0) is 104 Å². The molecule has 0 saturated heterocycles. The summed E-state index contributed by atoms with van der Waals surface area (Å²) in [5, 5.41) is 7.68. The molecule has 58 heavy (non-hydrogen) atoms. The molecule has 0 bridgehead atoms. The minimum Gasteiger partial charge on any atom is -0.310 e. The number of rotatable bonds is 7. The molecule has 1 heterocycles. The fourth-order valence-electron chi connectivity index (χ4n) is 8.84. The number of benzene rings is 10. The zero-order valence-corrected chi connectivity index (χ0v) is 31.8. The van der Waals surface area contributed by atoms with Crippen LogP contribution in [-0.2, 0) is 0 Å². The summed E-state index contributed by atoms with van der Waals surface area (Å²) < 4.78 is 2.46. The van der Waals surface area contributed by atoms with E-state index in [1.807, 2.05) is 0 Å². The minimum atomic E-state index is 1.10. The third-order valence-electron chi connectivity index (χ3n) is 11.6. The van der Waals surface area contributed by atoms with Crippen molar-refractivity contribution in [1.82, 2.24) is 4.57 Å². The van der Waals surface area contributed by atoms with E-state index in [1.54, 1.807) is 0 Å². The second-order valence-electron chi connectivity index (χ2n) is 14.9. The maximum absolute atomic E-state index is 2.46. The summed E-state index contributed by atoms with van der Waals surface area (Å²) in [6.07, 6.45) is 0. The van der Waals surface area contributed by atoms with Crippen molar-refractivity contribution in [3.05, 3.63) is 231 Å². The van der Waals surface area contributed by atoms with Crippen molar-refractivity contribution in [3.8, 4) is 39.1 Å². The van der Waals surface area contributed by atoms with Gasteiger partial charge in [0.15, 0.2) is 0 Å². The smallest absolute Gasteiger partial charge is 0.0625 e. The molecule has 0 fully saturated rings. The van der Waals surface area contributed by atoms with E-state index in [9.17, 15) is 0 Å². The van der Waals surface area contributed by atoms with Gasteiger partial charge in [0.2, 0.25) is 0 Å². The maximum Gasteiger partial charge on any atom is 0.0625 e. The molecule has 10 aromatic carbocycles. The molecule has 0 spiro atoms. The van der Waals surface area contributed by atoms with Crippen LogP contribution >= 0.6 is 0 Å². The highest BCUT2D eigenvalue weighted by molar-refractivity contribution is 6.32. The third-order valence-corrected chi connectivity index (χ3v) is 11.6. The van der Waals surface area contributed by atoms with Gasteiger partial charge in [-0.1, -0.05) is 176 Å². The molecule has 2 nitrogen and oxygen atoms in total. The second kappa shape index (κ2) is 14.1. The first kappa shape index (κ1) is 33.6. The fourth-order valence-corrected chi connectivity index (χ4v) is 8.84. The number of hydrogen-bond donors (Lipinski definition) is 0. The molecule has 1 aromatic heterocycles. The lowest BCUT2D eigenvalue weighted by molar-refractivity contribution is 1.19. The Balaban J connectivity index is 1.01. The van der Waals surface area contributed by atoms with E-state index in [-0.39, 0.29) is 0 Å². The molecule has 11 rings (SSSR count). The van der Waals surface area contributed by atoms with E-state index in [4.69, 9.17) is 0 Å². The SMILES string of the molecule is c1ccc(-c2ccc(N(c3ccc(-c4ccccc4)cc3)c3cccc(-c4ccc(-n5c6ccccc6c6c7ccccc7c7ccccc7c65)cc4)c3)cc2)cc1. The Morgan fingerprint density at radius 1 is 0.276 bits per heavy atom. The zero-order chi connectivity index (χ0) is 38.4. The second-order valence-corrected chi connectivity index (χ2v) is 14.9. The van der Waals surface area contributed by atoms with Crippen LogP contribution in [0.2, 0.25) is 0 Å². The molecule has 0 aliphatic rings. The van der Waals surface area contributed by atoms with Crippen molar-refractivity contribution in [2.45, 2.75) is 0 Å². The van der Waals surface area contributed by atoms with Crippen LogP contribution in [0.1, 0.15) is 0 Å². The minimum absolute atomic E-state index is 1.10. The highest BCUT2D eigenvalue weighted by atomic mass is 15.1. The van der Waals surface area contributed by atoms with E-state index in [0.29, 0.717) is 0 Å². The molecule has 2 heteroatoms. The fraction of sp³-hybridized carbons (Fsp3) is 0.